The Morgan fingerprint density at radius 1 is 1.29 bits per heavy atom. The Morgan fingerprint density at radius 2 is 2.12 bits per heavy atom. The van der Waals surface area contributed by atoms with E-state index in [0.717, 1.165) is 18.6 Å². The van der Waals surface area contributed by atoms with E-state index in [1.165, 1.54) is 0 Å². The monoisotopic (exact) mass is 335 g/mol. The average Bonchev–Trinajstić information content (AvgIpc) is 3.02. The molecule has 1 heterocycles. The van der Waals surface area contributed by atoms with Crippen LogP contribution in [0.5, 0.6) is 11.5 Å². The van der Waals surface area contributed by atoms with Gasteiger partial charge in [-0.15, -0.1) is 0 Å². The van der Waals surface area contributed by atoms with Crippen LogP contribution in [0.15, 0.2) is 18.2 Å². The van der Waals surface area contributed by atoms with Crippen LogP contribution in [-0.4, -0.2) is 52.6 Å². The molecular formula is C18H25NO5. The van der Waals surface area contributed by atoms with E-state index in [9.17, 15) is 4.79 Å². The highest BCUT2D eigenvalue weighted by atomic mass is 16.5. The molecule has 1 saturated carbocycles. The van der Waals surface area contributed by atoms with E-state index in [0.29, 0.717) is 24.0 Å². The first-order valence-corrected chi connectivity index (χ1v) is 8.28. The van der Waals surface area contributed by atoms with Crippen LogP contribution in [-0.2, 0) is 20.7 Å². The Kier molecular flexibility index (Phi) is 5.26. The summed E-state index contributed by atoms with van der Waals surface area (Å²) in [5.41, 5.74) is 0.845. The molecule has 1 aliphatic heterocycles. The van der Waals surface area contributed by atoms with E-state index >= 15 is 0 Å². The van der Waals surface area contributed by atoms with Crippen molar-refractivity contribution in [3.63, 3.8) is 0 Å². The highest BCUT2D eigenvalue weighted by molar-refractivity contribution is 5.80. The Hall–Kier alpha value is -1.79. The van der Waals surface area contributed by atoms with Gasteiger partial charge in [0.2, 0.25) is 5.91 Å². The van der Waals surface area contributed by atoms with Crippen molar-refractivity contribution in [1.82, 2.24) is 5.32 Å². The van der Waals surface area contributed by atoms with E-state index in [1.54, 1.807) is 27.4 Å². The Morgan fingerprint density at radius 3 is 2.83 bits per heavy atom. The van der Waals surface area contributed by atoms with Gasteiger partial charge in [-0.25, -0.2) is 0 Å². The lowest BCUT2D eigenvalue weighted by Gasteiger charge is -2.47. The molecule has 0 radical (unpaired) electrons. The minimum Gasteiger partial charge on any atom is -0.497 e. The van der Waals surface area contributed by atoms with Crippen molar-refractivity contribution in [2.45, 2.75) is 25.0 Å². The third-order valence-corrected chi connectivity index (χ3v) is 5.06. The molecule has 0 spiro atoms. The van der Waals surface area contributed by atoms with Crippen molar-refractivity contribution in [3.05, 3.63) is 23.8 Å². The number of nitrogens with one attached hydrogen (secondary N) is 1. The molecule has 3 rings (SSSR count). The quantitative estimate of drug-likeness (QED) is 0.816. The van der Waals surface area contributed by atoms with Gasteiger partial charge < -0.3 is 24.3 Å². The van der Waals surface area contributed by atoms with Crippen molar-refractivity contribution in [1.29, 1.82) is 0 Å². The van der Waals surface area contributed by atoms with Crippen LogP contribution in [0.4, 0.5) is 0 Å². The molecule has 6 nitrogen and oxygen atoms in total. The second-order valence-corrected chi connectivity index (χ2v) is 6.35. The zero-order chi connectivity index (χ0) is 17.1. The predicted octanol–water partition coefficient (Wildman–Crippen LogP) is 1.41. The van der Waals surface area contributed by atoms with Crippen LogP contribution in [0.2, 0.25) is 0 Å². The molecular weight excluding hydrogens is 310 g/mol. The van der Waals surface area contributed by atoms with Gasteiger partial charge >= 0.3 is 0 Å². The van der Waals surface area contributed by atoms with Gasteiger partial charge in [-0.05, 0) is 12.5 Å². The number of hydrogen-bond acceptors (Lipinski definition) is 5. The van der Waals surface area contributed by atoms with Crippen molar-refractivity contribution in [2.75, 3.05) is 34.5 Å². The SMILES string of the molecule is COC[C@@H]1[C@H](NC(=O)Cc2ccc(OC)cc2OC)[C@@H]2CCO[C@H]12. The van der Waals surface area contributed by atoms with Gasteiger partial charge in [-0.3, -0.25) is 4.79 Å². The molecule has 6 heteroatoms. The van der Waals surface area contributed by atoms with Gasteiger partial charge in [0.1, 0.15) is 11.5 Å². The number of hydrogen-bond donors (Lipinski definition) is 1. The molecule has 1 saturated heterocycles. The topological polar surface area (TPSA) is 66.0 Å². The van der Waals surface area contributed by atoms with Crippen molar-refractivity contribution >= 4 is 5.91 Å². The van der Waals surface area contributed by atoms with Crippen LogP contribution in [0.25, 0.3) is 0 Å². The molecule has 1 aromatic carbocycles. The van der Waals surface area contributed by atoms with Crippen LogP contribution in [0, 0.1) is 11.8 Å². The summed E-state index contributed by atoms with van der Waals surface area (Å²) in [5.74, 6) is 2.01. The number of carbonyl (C=O) groups is 1. The molecule has 24 heavy (non-hydrogen) atoms. The Balaban J connectivity index is 1.63. The summed E-state index contributed by atoms with van der Waals surface area (Å²) in [6, 6.07) is 5.63. The summed E-state index contributed by atoms with van der Waals surface area (Å²) in [6.45, 7) is 1.38. The highest BCUT2D eigenvalue weighted by Gasteiger charge is 2.54. The maximum absolute atomic E-state index is 12.5. The number of fused-ring (bicyclic) bond motifs is 1. The molecule has 1 aromatic rings. The van der Waals surface area contributed by atoms with Crippen LogP contribution in [0.3, 0.4) is 0 Å². The predicted molar refractivity (Wildman–Crippen MR) is 88.4 cm³/mol. The average molecular weight is 335 g/mol. The van der Waals surface area contributed by atoms with Gasteiger partial charge in [0.15, 0.2) is 0 Å². The second kappa shape index (κ2) is 7.40. The molecule has 1 N–H and O–H groups in total. The molecule has 0 aromatic heterocycles. The third-order valence-electron chi connectivity index (χ3n) is 5.06. The van der Waals surface area contributed by atoms with E-state index in [4.69, 9.17) is 18.9 Å². The van der Waals surface area contributed by atoms with Crippen LogP contribution >= 0.6 is 0 Å². The first kappa shape index (κ1) is 17.0. The molecule has 132 valence electrons. The standard InChI is InChI=1S/C18H25NO5/c1-21-10-14-17(13-6-7-24-18(13)14)19-16(20)8-11-4-5-12(22-2)9-15(11)23-3/h4-5,9,13-14,17-18H,6-8,10H2,1-3H3,(H,19,20)/t13-,14+,17+,18-/m0/s1. The third kappa shape index (κ3) is 3.21. The lowest BCUT2D eigenvalue weighted by Crippen LogP contribution is -2.62. The van der Waals surface area contributed by atoms with Crippen molar-refractivity contribution < 1.29 is 23.7 Å². The van der Waals surface area contributed by atoms with Crippen LogP contribution in [0.1, 0.15) is 12.0 Å². The highest BCUT2D eigenvalue weighted by Crippen LogP contribution is 2.43. The van der Waals surface area contributed by atoms with Gasteiger partial charge in [-0.2, -0.15) is 0 Å². The fourth-order valence-corrected chi connectivity index (χ4v) is 3.84. The summed E-state index contributed by atoms with van der Waals surface area (Å²) >= 11 is 0. The summed E-state index contributed by atoms with van der Waals surface area (Å²) in [7, 11) is 4.88. The summed E-state index contributed by atoms with van der Waals surface area (Å²) in [6.07, 6.45) is 1.51. The maximum Gasteiger partial charge on any atom is 0.224 e. The largest absolute Gasteiger partial charge is 0.497 e. The fourth-order valence-electron chi connectivity index (χ4n) is 3.84. The minimum atomic E-state index is -0.00470. The normalized spacial score (nSPS) is 28.0. The van der Waals surface area contributed by atoms with E-state index < -0.39 is 0 Å². The summed E-state index contributed by atoms with van der Waals surface area (Å²) < 4.78 is 21.6. The van der Waals surface area contributed by atoms with Crippen molar-refractivity contribution in [3.8, 4) is 11.5 Å². The molecule has 2 aliphatic rings. The number of ether oxygens (including phenoxy) is 4. The number of methoxy groups -OCH3 is 3. The van der Waals surface area contributed by atoms with E-state index in [1.807, 2.05) is 12.1 Å². The van der Waals surface area contributed by atoms with Gasteiger partial charge in [0.25, 0.3) is 0 Å². The number of benzene rings is 1. The van der Waals surface area contributed by atoms with Crippen molar-refractivity contribution in [2.24, 2.45) is 11.8 Å². The number of amides is 1. The molecule has 4 atom stereocenters. The Labute approximate surface area is 142 Å². The zero-order valence-electron chi connectivity index (χ0n) is 14.4. The molecule has 2 fully saturated rings. The Bertz CT molecular complexity index is 591. The minimum absolute atomic E-state index is 0.00470. The molecule has 0 bridgehead atoms. The van der Waals surface area contributed by atoms with Gasteiger partial charge in [0.05, 0.1) is 33.4 Å². The van der Waals surface area contributed by atoms with Gasteiger partial charge in [-0.1, -0.05) is 6.07 Å². The molecule has 1 aliphatic carbocycles. The number of carbonyl (C=O) groups excluding carboxylic acids is 1. The smallest absolute Gasteiger partial charge is 0.224 e. The lowest BCUT2D eigenvalue weighted by molar-refractivity contribution is -0.129. The first-order chi connectivity index (χ1) is 11.7. The second-order valence-electron chi connectivity index (χ2n) is 6.35. The zero-order valence-corrected chi connectivity index (χ0v) is 14.4. The molecule has 0 unspecified atom stereocenters. The summed E-state index contributed by atoms with van der Waals surface area (Å²) in [4.78, 5) is 12.5. The van der Waals surface area contributed by atoms with Gasteiger partial charge in [0, 0.05) is 43.2 Å². The molecule has 1 amide bonds. The van der Waals surface area contributed by atoms with E-state index in [2.05, 4.69) is 5.32 Å². The summed E-state index contributed by atoms with van der Waals surface area (Å²) in [5, 5.41) is 3.17. The van der Waals surface area contributed by atoms with E-state index in [-0.39, 0.29) is 30.4 Å². The van der Waals surface area contributed by atoms with Crippen LogP contribution < -0.4 is 14.8 Å². The fraction of sp³-hybridized carbons (Fsp3) is 0.611. The lowest BCUT2D eigenvalue weighted by atomic mass is 9.67. The number of rotatable bonds is 7. The first-order valence-electron chi connectivity index (χ1n) is 8.28. The maximum atomic E-state index is 12.5.